The van der Waals surface area contributed by atoms with E-state index in [-0.39, 0.29) is 5.91 Å². The average Bonchev–Trinajstić information content (AvgIpc) is 2.66. The van der Waals surface area contributed by atoms with Crippen LogP contribution in [0.25, 0.3) is 5.70 Å². The van der Waals surface area contributed by atoms with E-state index in [0.717, 1.165) is 29.0 Å². The SMILES string of the molecule is COc1c(I)cc(I)cc1[C@H]1N=c2ccccc2=C2C(=O)NC(SC)=NN21. The second-order valence-electron chi connectivity index (χ2n) is 5.79. The third-order valence-corrected chi connectivity index (χ3v) is 6.22. The minimum absolute atomic E-state index is 0.180. The number of hydrogen-bond donors (Lipinski definition) is 1. The van der Waals surface area contributed by atoms with E-state index in [0.29, 0.717) is 10.9 Å². The van der Waals surface area contributed by atoms with E-state index in [1.807, 2.05) is 42.7 Å². The molecule has 4 rings (SSSR count). The predicted octanol–water partition coefficient (Wildman–Crippen LogP) is 2.41. The maximum atomic E-state index is 12.9. The molecule has 6 nitrogen and oxygen atoms in total. The number of amidine groups is 1. The summed E-state index contributed by atoms with van der Waals surface area (Å²) in [5, 5.41) is 11.3. The number of carbonyl (C=O) groups excluding carboxylic acids is 1. The molecule has 1 atom stereocenters. The number of hydrazone groups is 1. The van der Waals surface area contributed by atoms with Crippen LogP contribution in [0, 0.1) is 7.14 Å². The Morgan fingerprint density at radius 2 is 2.04 bits per heavy atom. The quantitative estimate of drug-likeness (QED) is 0.536. The van der Waals surface area contributed by atoms with Gasteiger partial charge in [0.15, 0.2) is 11.3 Å². The first kappa shape index (κ1) is 19.0. The van der Waals surface area contributed by atoms with Crippen LogP contribution in [0.1, 0.15) is 11.7 Å². The Balaban J connectivity index is 2.03. The molecule has 2 aliphatic rings. The zero-order valence-electron chi connectivity index (χ0n) is 14.4. The van der Waals surface area contributed by atoms with Crippen molar-refractivity contribution < 1.29 is 9.53 Å². The number of hydrogen-bond acceptors (Lipinski definition) is 6. The van der Waals surface area contributed by atoms with Gasteiger partial charge in [0.2, 0.25) is 0 Å². The maximum absolute atomic E-state index is 12.9. The largest absolute Gasteiger partial charge is 0.495 e. The Labute approximate surface area is 187 Å². The fourth-order valence-electron chi connectivity index (χ4n) is 3.11. The molecule has 27 heavy (non-hydrogen) atoms. The van der Waals surface area contributed by atoms with Crippen molar-refractivity contribution in [3.63, 3.8) is 0 Å². The lowest BCUT2D eigenvalue weighted by atomic mass is 10.1. The number of methoxy groups -OCH3 is 1. The number of amides is 1. The highest BCUT2D eigenvalue weighted by Crippen LogP contribution is 2.38. The van der Waals surface area contributed by atoms with Gasteiger partial charge < -0.3 is 4.74 Å². The third kappa shape index (κ3) is 3.33. The van der Waals surface area contributed by atoms with E-state index >= 15 is 0 Å². The Morgan fingerprint density at radius 1 is 1.26 bits per heavy atom. The summed E-state index contributed by atoms with van der Waals surface area (Å²) in [4.78, 5) is 17.8. The fraction of sp³-hybridized carbons (Fsp3) is 0.167. The molecule has 0 saturated carbocycles. The van der Waals surface area contributed by atoms with Crippen molar-refractivity contribution in [2.45, 2.75) is 6.17 Å². The van der Waals surface area contributed by atoms with Gasteiger partial charge >= 0.3 is 0 Å². The third-order valence-electron chi connectivity index (χ3n) is 4.23. The van der Waals surface area contributed by atoms with Crippen molar-refractivity contribution in [2.75, 3.05) is 13.4 Å². The number of nitrogens with zero attached hydrogens (tertiary/aromatic N) is 3. The van der Waals surface area contributed by atoms with E-state index in [9.17, 15) is 4.79 Å². The second kappa shape index (κ2) is 7.59. The number of para-hydroxylation sites is 1. The lowest BCUT2D eigenvalue weighted by Gasteiger charge is -2.34. The molecule has 1 N–H and O–H groups in total. The number of ether oxygens (including phenoxy) is 1. The number of benzene rings is 2. The van der Waals surface area contributed by atoms with Crippen LogP contribution < -0.4 is 20.6 Å². The molecule has 0 spiro atoms. The Bertz CT molecular complexity index is 1100. The summed E-state index contributed by atoms with van der Waals surface area (Å²) in [7, 11) is 1.65. The molecule has 0 bridgehead atoms. The molecule has 2 aromatic rings. The summed E-state index contributed by atoms with van der Waals surface area (Å²) in [6, 6.07) is 11.7. The van der Waals surface area contributed by atoms with E-state index in [1.165, 1.54) is 11.8 Å². The van der Waals surface area contributed by atoms with E-state index in [1.54, 1.807) is 12.1 Å². The zero-order valence-corrected chi connectivity index (χ0v) is 19.5. The number of thioether (sulfide) groups is 1. The van der Waals surface area contributed by atoms with Gasteiger partial charge in [-0.05, 0) is 69.6 Å². The Hall–Kier alpha value is -1.34. The highest BCUT2D eigenvalue weighted by atomic mass is 127. The molecule has 0 aromatic heterocycles. The van der Waals surface area contributed by atoms with Crippen molar-refractivity contribution >= 4 is 73.7 Å². The van der Waals surface area contributed by atoms with Crippen LogP contribution >= 0.6 is 56.9 Å². The van der Waals surface area contributed by atoms with E-state index < -0.39 is 6.17 Å². The summed E-state index contributed by atoms with van der Waals surface area (Å²) < 4.78 is 7.73. The second-order valence-corrected chi connectivity index (χ2v) is 8.99. The van der Waals surface area contributed by atoms with Gasteiger partial charge in [0.05, 0.1) is 16.0 Å². The van der Waals surface area contributed by atoms with Gasteiger partial charge in [-0.1, -0.05) is 30.0 Å². The van der Waals surface area contributed by atoms with E-state index in [4.69, 9.17) is 9.73 Å². The number of nitrogens with one attached hydrogen (secondary N) is 1. The minimum atomic E-state index is -0.485. The number of rotatable bonds is 2. The highest BCUT2D eigenvalue weighted by molar-refractivity contribution is 14.1. The topological polar surface area (TPSA) is 66.3 Å². The van der Waals surface area contributed by atoms with Gasteiger partial charge in [-0.25, -0.2) is 5.01 Å². The van der Waals surface area contributed by atoms with Crippen LogP contribution in [0.15, 0.2) is 46.5 Å². The van der Waals surface area contributed by atoms with Crippen molar-refractivity contribution in [1.29, 1.82) is 0 Å². The van der Waals surface area contributed by atoms with E-state index in [2.05, 4.69) is 55.6 Å². The number of halogens is 2. The molecule has 0 unspecified atom stereocenters. The first-order valence-corrected chi connectivity index (χ1v) is 11.3. The summed E-state index contributed by atoms with van der Waals surface area (Å²) in [6.07, 6.45) is 1.39. The molecule has 138 valence electrons. The molecule has 2 aliphatic heterocycles. The van der Waals surface area contributed by atoms with Crippen LogP contribution in [0.4, 0.5) is 0 Å². The monoisotopic (exact) mass is 604 g/mol. The molecule has 9 heteroatoms. The normalized spacial score (nSPS) is 18.1. The molecule has 2 heterocycles. The average molecular weight is 604 g/mol. The first-order valence-electron chi connectivity index (χ1n) is 7.96. The number of fused-ring (bicyclic) bond motifs is 2. The lowest BCUT2D eigenvalue weighted by molar-refractivity contribution is -0.116. The highest BCUT2D eigenvalue weighted by Gasteiger charge is 2.35. The zero-order chi connectivity index (χ0) is 19.1. The van der Waals surface area contributed by atoms with Crippen molar-refractivity contribution in [3.8, 4) is 5.75 Å². The lowest BCUT2D eigenvalue weighted by Crippen LogP contribution is -2.50. The summed E-state index contributed by atoms with van der Waals surface area (Å²) in [6.45, 7) is 0. The summed E-state index contributed by atoms with van der Waals surface area (Å²) in [5.74, 6) is 0.566. The van der Waals surface area contributed by atoms with Gasteiger partial charge in [-0.2, -0.15) is 0 Å². The van der Waals surface area contributed by atoms with Gasteiger partial charge in [0.1, 0.15) is 11.4 Å². The predicted molar refractivity (Wildman–Crippen MR) is 123 cm³/mol. The van der Waals surface area contributed by atoms with Crippen molar-refractivity contribution in [1.82, 2.24) is 10.3 Å². The van der Waals surface area contributed by atoms with Crippen LogP contribution in [-0.2, 0) is 4.79 Å². The van der Waals surface area contributed by atoms with Crippen LogP contribution in [0.5, 0.6) is 5.75 Å². The molecule has 2 aromatic carbocycles. The molecule has 1 amide bonds. The minimum Gasteiger partial charge on any atom is -0.495 e. The maximum Gasteiger partial charge on any atom is 0.276 e. The van der Waals surface area contributed by atoms with Crippen LogP contribution in [-0.4, -0.2) is 29.4 Å². The van der Waals surface area contributed by atoms with Crippen LogP contribution in [0.3, 0.4) is 0 Å². The van der Waals surface area contributed by atoms with Crippen molar-refractivity contribution in [2.24, 2.45) is 10.1 Å². The van der Waals surface area contributed by atoms with Gasteiger partial charge in [0.25, 0.3) is 5.91 Å². The fourth-order valence-corrected chi connectivity index (χ4v) is 5.58. The molecular weight excluding hydrogens is 590 g/mol. The van der Waals surface area contributed by atoms with Gasteiger partial charge in [-0.15, -0.1) is 5.10 Å². The summed E-state index contributed by atoms with van der Waals surface area (Å²) >= 11 is 5.92. The summed E-state index contributed by atoms with van der Waals surface area (Å²) in [5.41, 5.74) is 1.37. The molecule has 0 aliphatic carbocycles. The smallest absolute Gasteiger partial charge is 0.276 e. The van der Waals surface area contributed by atoms with Crippen LogP contribution in [0.2, 0.25) is 0 Å². The molecule has 0 radical (unpaired) electrons. The van der Waals surface area contributed by atoms with Gasteiger partial charge in [0, 0.05) is 14.4 Å². The standard InChI is InChI=1S/C18H14I2N4O2S/c1-26-15-11(7-9(19)8-12(15)20)16-21-13-6-4-3-5-10(13)14-17(25)22-18(27-2)23-24(14)16/h3-8,16H,1-2H3,(H,22,23,25)/t16-/m0/s1. The molecule has 0 saturated heterocycles. The Morgan fingerprint density at radius 3 is 2.78 bits per heavy atom. The van der Waals surface area contributed by atoms with Gasteiger partial charge in [-0.3, -0.25) is 15.1 Å². The Kier molecular flexibility index (Phi) is 5.34. The number of carbonyl (C=O) groups is 1. The first-order chi connectivity index (χ1) is 13.0. The molecule has 0 fully saturated rings. The molecular formula is C18H14I2N4O2S. The van der Waals surface area contributed by atoms with Crippen molar-refractivity contribution in [3.05, 3.63) is 59.7 Å².